The largest absolute Gasteiger partial charge is 1.00 e. The zero-order valence-corrected chi connectivity index (χ0v) is 19.2. The second kappa shape index (κ2) is 6.23. The fraction of sp³-hybridized carbons (Fsp3) is 0.632. The molecule has 4 fully saturated rings. The Balaban J connectivity index is 0.00000196. The summed E-state index contributed by atoms with van der Waals surface area (Å²) in [5.41, 5.74) is 1.54. The summed E-state index contributed by atoms with van der Waals surface area (Å²) in [6.45, 7) is 10.8. The van der Waals surface area contributed by atoms with E-state index in [1.807, 2.05) is 6.92 Å². The molecule has 5 nitrogen and oxygen atoms in total. The summed E-state index contributed by atoms with van der Waals surface area (Å²) in [5, 5.41) is 4.31. The molecule has 1 aromatic rings. The summed E-state index contributed by atoms with van der Waals surface area (Å²) in [5.74, 6) is 0.859. The van der Waals surface area contributed by atoms with Gasteiger partial charge in [0.25, 0.3) is 0 Å². The summed E-state index contributed by atoms with van der Waals surface area (Å²) < 4.78 is 25.0. The van der Waals surface area contributed by atoms with Gasteiger partial charge >= 0.3 is 29.6 Å². The Hall–Kier alpha value is -0.560. The average Bonchev–Trinajstić information content (AvgIpc) is 2.43. The Bertz CT molecular complexity index is 832. The van der Waals surface area contributed by atoms with E-state index >= 15 is 0 Å². The van der Waals surface area contributed by atoms with Crippen molar-refractivity contribution in [2.75, 3.05) is 13.1 Å². The van der Waals surface area contributed by atoms with Gasteiger partial charge in [0.05, 0.1) is 10.7 Å². The van der Waals surface area contributed by atoms with E-state index in [4.69, 9.17) is 0 Å². The minimum Gasteiger partial charge on any atom is -0.489 e. The molecule has 0 aromatic heterocycles. The van der Waals surface area contributed by atoms with Crippen LogP contribution in [0.15, 0.2) is 34.3 Å². The van der Waals surface area contributed by atoms with Crippen molar-refractivity contribution in [2.24, 2.45) is 21.3 Å². The van der Waals surface area contributed by atoms with Gasteiger partial charge in [0, 0.05) is 18.5 Å². The molecule has 1 saturated carbocycles. The van der Waals surface area contributed by atoms with Crippen LogP contribution in [0.3, 0.4) is 0 Å². The number of sulfonamides is 1. The predicted octanol–water partition coefficient (Wildman–Crippen LogP) is 0.907. The molecule has 3 heterocycles. The maximum absolute atomic E-state index is 12.5. The molecule has 1 aliphatic carbocycles. The van der Waals surface area contributed by atoms with Crippen molar-refractivity contribution in [1.82, 2.24) is 4.90 Å². The monoisotopic (exact) mass is 383 g/mol. The fourth-order valence-corrected chi connectivity index (χ4v) is 6.79. The minimum atomic E-state index is -3.76. The zero-order valence-electron chi connectivity index (χ0n) is 16.4. The fourth-order valence-electron chi connectivity index (χ4n) is 6.03. The van der Waals surface area contributed by atoms with Crippen LogP contribution >= 0.6 is 0 Å². The van der Waals surface area contributed by atoms with Crippen molar-refractivity contribution in [3.63, 3.8) is 0 Å². The minimum absolute atomic E-state index is 0. The number of hydrogen-bond donors (Lipinski definition) is 0. The van der Waals surface area contributed by atoms with Crippen LogP contribution in [0.4, 0.5) is 0 Å². The second-order valence-corrected chi connectivity index (χ2v) is 10.9. The molecular formula is C19H26N3NaO2S. The van der Waals surface area contributed by atoms with E-state index in [1.54, 1.807) is 24.3 Å². The molecule has 1 unspecified atom stereocenters. The number of aryl methyl sites for hydroxylation is 1. The molecule has 0 amide bonds. The van der Waals surface area contributed by atoms with Gasteiger partial charge in [-0.1, -0.05) is 38.5 Å². The molecule has 3 saturated heterocycles. The Morgan fingerprint density at radius 2 is 1.54 bits per heavy atom. The number of nitrogens with zero attached hydrogens (tertiary/aromatic N) is 3. The van der Waals surface area contributed by atoms with Crippen molar-refractivity contribution < 1.29 is 38.0 Å². The van der Waals surface area contributed by atoms with E-state index in [1.165, 1.54) is 6.42 Å². The Morgan fingerprint density at radius 3 is 2.04 bits per heavy atom. The van der Waals surface area contributed by atoms with Crippen LogP contribution in [0.5, 0.6) is 0 Å². The van der Waals surface area contributed by atoms with Crippen molar-refractivity contribution in [1.29, 1.82) is 0 Å². The first-order valence-electron chi connectivity index (χ1n) is 8.90. The second-order valence-electron chi connectivity index (χ2n) is 9.36. The van der Waals surface area contributed by atoms with Gasteiger partial charge < -0.3 is 14.8 Å². The van der Waals surface area contributed by atoms with Gasteiger partial charge in [0.15, 0.2) is 0 Å². The van der Waals surface area contributed by atoms with Crippen LogP contribution in [0, 0.1) is 23.2 Å². The molecule has 4 bridgehead atoms. The number of amidine groups is 1. The van der Waals surface area contributed by atoms with Crippen molar-refractivity contribution in [3.05, 3.63) is 34.7 Å². The SMILES string of the molecule is Cc1ccc(S(=O)(=O)[N-]/N=C2/N3C[C@@]4(C)CC2(C)C[C@@](C)(C3)C4)cc1.[Na+]. The van der Waals surface area contributed by atoms with Crippen LogP contribution in [0.1, 0.15) is 45.6 Å². The molecular weight excluding hydrogens is 357 g/mol. The smallest absolute Gasteiger partial charge is 0.489 e. The van der Waals surface area contributed by atoms with Gasteiger partial charge in [-0.25, -0.2) is 8.42 Å². The van der Waals surface area contributed by atoms with Crippen LogP contribution in [0.2, 0.25) is 0 Å². The zero-order chi connectivity index (χ0) is 18.1. The van der Waals surface area contributed by atoms with Crippen molar-refractivity contribution in [3.8, 4) is 0 Å². The Morgan fingerprint density at radius 1 is 1.00 bits per heavy atom. The van der Waals surface area contributed by atoms with Crippen LogP contribution < -0.4 is 29.6 Å². The standard InChI is InChI=1S/C19H26N3O2S.Na/c1-14-5-7-15(8-6-14)25(23,24)21-20-16-19(4)10-17(2)9-18(3,11-19)13-22(16)12-17;/h5-8H,9-13H2,1-4H3;/q-1;+1/b20-16+;/t17-,18+,19?;. The first-order valence-corrected chi connectivity index (χ1v) is 10.3. The van der Waals surface area contributed by atoms with Crippen molar-refractivity contribution in [2.45, 2.75) is 51.9 Å². The molecule has 4 aliphatic rings. The number of hydrogen-bond acceptors (Lipinski definition) is 3. The third kappa shape index (κ3) is 3.34. The van der Waals surface area contributed by atoms with Gasteiger partial charge in [0.1, 0.15) is 10.0 Å². The molecule has 136 valence electrons. The normalized spacial score (nSPS) is 36.9. The van der Waals surface area contributed by atoms with E-state index in [0.717, 1.165) is 37.3 Å². The molecule has 0 spiro atoms. The van der Waals surface area contributed by atoms with Gasteiger partial charge in [-0.15, -0.1) is 0 Å². The molecule has 3 aliphatic heterocycles. The van der Waals surface area contributed by atoms with Gasteiger partial charge in [-0.3, -0.25) is 0 Å². The topological polar surface area (TPSA) is 63.8 Å². The third-order valence-corrected chi connectivity index (χ3v) is 7.20. The predicted molar refractivity (Wildman–Crippen MR) is 98.9 cm³/mol. The van der Waals surface area contributed by atoms with E-state index < -0.39 is 10.0 Å². The van der Waals surface area contributed by atoms with Crippen LogP contribution in [0.25, 0.3) is 4.83 Å². The molecule has 7 heteroatoms. The summed E-state index contributed by atoms with van der Waals surface area (Å²) in [6, 6.07) is 6.75. The molecule has 0 N–H and O–H groups in total. The maximum atomic E-state index is 12.5. The van der Waals surface area contributed by atoms with E-state index in [0.29, 0.717) is 10.8 Å². The number of piperidine rings is 3. The van der Waals surface area contributed by atoms with Crippen molar-refractivity contribution >= 4 is 15.9 Å². The van der Waals surface area contributed by atoms with E-state index in [2.05, 4.69) is 35.6 Å². The van der Waals surface area contributed by atoms with Crippen LogP contribution in [-0.4, -0.2) is 32.2 Å². The maximum Gasteiger partial charge on any atom is 1.00 e. The first-order chi connectivity index (χ1) is 11.5. The van der Waals surface area contributed by atoms with Gasteiger partial charge in [-0.05, 0) is 49.1 Å². The van der Waals surface area contributed by atoms with Gasteiger partial charge in [0.2, 0.25) is 0 Å². The first kappa shape index (κ1) is 20.2. The summed E-state index contributed by atoms with van der Waals surface area (Å²) in [4.78, 5) is 6.29. The van der Waals surface area contributed by atoms with E-state index in [-0.39, 0.29) is 39.9 Å². The molecule has 26 heavy (non-hydrogen) atoms. The van der Waals surface area contributed by atoms with Gasteiger partial charge in [-0.2, -0.15) is 0 Å². The molecule has 0 radical (unpaired) electrons. The summed E-state index contributed by atoms with van der Waals surface area (Å²) in [7, 11) is -3.76. The average molecular weight is 383 g/mol. The summed E-state index contributed by atoms with van der Waals surface area (Å²) in [6.07, 6.45) is 3.37. The number of rotatable bonds is 3. The van der Waals surface area contributed by atoms with E-state index in [9.17, 15) is 8.42 Å². The Kier molecular flexibility index (Phi) is 4.83. The summed E-state index contributed by atoms with van der Waals surface area (Å²) >= 11 is 0. The molecule has 1 aromatic carbocycles. The molecule has 5 rings (SSSR count). The quantitative estimate of drug-likeness (QED) is 0.576. The third-order valence-electron chi connectivity index (χ3n) is 6.03. The molecule has 3 atom stereocenters. The number of benzene rings is 1. The Labute approximate surface area is 179 Å². The van der Waals surface area contributed by atoms with Crippen LogP contribution in [-0.2, 0) is 10.0 Å².